The number of fused-ring (bicyclic) bond motifs is 3. The molecule has 4 rings (SSSR count). The predicted molar refractivity (Wildman–Crippen MR) is 99.6 cm³/mol. The molecular weight excluding hydrogens is 312 g/mol. The second-order valence-corrected chi connectivity index (χ2v) is 6.24. The maximum atomic E-state index is 12.1. The number of carbonyl (C=O) groups is 1. The highest BCUT2D eigenvalue weighted by Gasteiger charge is 2.24. The van der Waals surface area contributed by atoms with Crippen LogP contribution >= 0.6 is 0 Å². The minimum Gasteiger partial charge on any atom is -0.497 e. The molecule has 25 heavy (non-hydrogen) atoms. The van der Waals surface area contributed by atoms with Crippen LogP contribution in [-0.4, -0.2) is 13.0 Å². The number of hydrogen-bond acceptors (Lipinski definition) is 3. The Morgan fingerprint density at radius 3 is 2.60 bits per heavy atom. The van der Waals surface area contributed by atoms with Crippen molar-refractivity contribution in [2.75, 3.05) is 12.8 Å². The van der Waals surface area contributed by atoms with Gasteiger partial charge in [0.15, 0.2) is 0 Å². The zero-order valence-electron chi connectivity index (χ0n) is 13.9. The van der Waals surface area contributed by atoms with E-state index in [1.54, 1.807) is 7.11 Å². The van der Waals surface area contributed by atoms with E-state index in [9.17, 15) is 4.79 Å². The van der Waals surface area contributed by atoms with Crippen LogP contribution in [0.15, 0.2) is 54.6 Å². The average Bonchev–Trinajstić information content (AvgIpc) is 2.98. The van der Waals surface area contributed by atoms with Crippen LogP contribution in [0.3, 0.4) is 0 Å². The third-order valence-corrected chi connectivity index (χ3v) is 4.71. The number of carbonyl (C=O) groups excluding carboxylic acids is 1. The molecule has 0 unspecified atom stereocenters. The van der Waals surface area contributed by atoms with Crippen LogP contribution in [0, 0.1) is 0 Å². The fraction of sp³-hybridized carbons (Fsp3) is 0.0952. The van der Waals surface area contributed by atoms with Crippen LogP contribution in [0.1, 0.15) is 21.5 Å². The number of primary amides is 1. The minimum absolute atomic E-state index is 0.415. The minimum atomic E-state index is -0.415. The van der Waals surface area contributed by atoms with Crippen molar-refractivity contribution in [3.63, 3.8) is 0 Å². The standard InChI is InChI=1S/C21H18N2O2/c1-25-16-4-2-3-12(8-16)13-9-18-17-6-5-15(22)7-14(17)11-19(18)20(10-13)21(23)24/h2-10H,11,22H2,1H3,(H2,23,24). The number of rotatable bonds is 3. The largest absolute Gasteiger partial charge is 0.497 e. The fourth-order valence-corrected chi connectivity index (χ4v) is 3.50. The number of anilines is 1. The number of hydrogen-bond donors (Lipinski definition) is 2. The molecule has 124 valence electrons. The van der Waals surface area contributed by atoms with Gasteiger partial charge < -0.3 is 16.2 Å². The van der Waals surface area contributed by atoms with Crippen LogP contribution in [-0.2, 0) is 6.42 Å². The average molecular weight is 330 g/mol. The molecule has 3 aromatic rings. The SMILES string of the molecule is COc1cccc(-c2cc(C(N)=O)c3c(c2)-c2ccc(N)cc2C3)c1. The molecule has 0 aliphatic heterocycles. The van der Waals surface area contributed by atoms with Crippen molar-refractivity contribution >= 4 is 11.6 Å². The number of methoxy groups -OCH3 is 1. The lowest BCUT2D eigenvalue weighted by Gasteiger charge is -2.11. The van der Waals surface area contributed by atoms with Gasteiger partial charge >= 0.3 is 0 Å². The van der Waals surface area contributed by atoms with Gasteiger partial charge in [0.25, 0.3) is 0 Å². The molecule has 1 aliphatic rings. The highest BCUT2D eigenvalue weighted by atomic mass is 16.5. The lowest BCUT2D eigenvalue weighted by Crippen LogP contribution is -2.13. The monoisotopic (exact) mass is 330 g/mol. The van der Waals surface area contributed by atoms with Gasteiger partial charge in [-0.3, -0.25) is 4.79 Å². The Kier molecular flexibility index (Phi) is 3.46. The Morgan fingerprint density at radius 2 is 1.84 bits per heavy atom. The number of ether oxygens (including phenoxy) is 1. The zero-order valence-corrected chi connectivity index (χ0v) is 13.9. The van der Waals surface area contributed by atoms with Crippen molar-refractivity contribution in [1.82, 2.24) is 0 Å². The second-order valence-electron chi connectivity index (χ2n) is 6.24. The number of amides is 1. The summed E-state index contributed by atoms with van der Waals surface area (Å²) >= 11 is 0. The quantitative estimate of drug-likeness (QED) is 0.563. The summed E-state index contributed by atoms with van der Waals surface area (Å²) < 4.78 is 5.31. The molecule has 0 atom stereocenters. The van der Waals surface area contributed by atoms with Gasteiger partial charge in [0.1, 0.15) is 5.75 Å². The highest BCUT2D eigenvalue weighted by Crippen LogP contribution is 2.42. The van der Waals surface area contributed by atoms with Crippen molar-refractivity contribution in [2.24, 2.45) is 5.73 Å². The Balaban J connectivity index is 1.94. The summed E-state index contributed by atoms with van der Waals surface area (Å²) in [6.07, 6.45) is 0.673. The first-order valence-corrected chi connectivity index (χ1v) is 8.07. The van der Waals surface area contributed by atoms with E-state index in [2.05, 4.69) is 6.07 Å². The summed E-state index contributed by atoms with van der Waals surface area (Å²) in [5, 5.41) is 0. The molecule has 0 spiro atoms. The second kappa shape index (κ2) is 5.67. The Hall–Kier alpha value is -3.27. The lowest BCUT2D eigenvalue weighted by atomic mass is 9.94. The van der Waals surface area contributed by atoms with E-state index in [1.807, 2.05) is 48.5 Å². The Bertz CT molecular complexity index is 1010. The van der Waals surface area contributed by atoms with Crippen LogP contribution in [0.2, 0.25) is 0 Å². The Labute approximate surface area is 146 Å². The predicted octanol–water partition coefficient (Wildman–Crippen LogP) is 3.61. The van der Waals surface area contributed by atoms with Crippen LogP contribution < -0.4 is 16.2 Å². The van der Waals surface area contributed by atoms with E-state index in [4.69, 9.17) is 16.2 Å². The van der Waals surface area contributed by atoms with Crippen molar-refractivity contribution in [2.45, 2.75) is 6.42 Å². The molecule has 4 nitrogen and oxygen atoms in total. The summed E-state index contributed by atoms with van der Waals surface area (Å²) in [4.78, 5) is 12.1. The first-order valence-electron chi connectivity index (χ1n) is 8.07. The molecule has 0 bridgehead atoms. The summed E-state index contributed by atoms with van der Waals surface area (Å²) in [6, 6.07) is 17.6. The van der Waals surface area contributed by atoms with E-state index in [-0.39, 0.29) is 0 Å². The lowest BCUT2D eigenvalue weighted by molar-refractivity contribution is 0.0999. The van der Waals surface area contributed by atoms with Gasteiger partial charge in [-0.25, -0.2) is 0 Å². The van der Waals surface area contributed by atoms with Crippen LogP contribution in [0.25, 0.3) is 22.3 Å². The molecule has 3 aromatic carbocycles. The Morgan fingerprint density at radius 1 is 1.00 bits per heavy atom. The molecule has 0 saturated carbocycles. The molecule has 4 heteroatoms. The maximum absolute atomic E-state index is 12.1. The number of nitrogens with two attached hydrogens (primary N) is 2. The van der Waals surface area contributed by atoms with Gasteiger partial charge in [-0.05, 0) is 76.2 Å². The van der Waals surface area contributed by atoms with Gasteiger partial charge in [0.2, 0.25) is 5.91 Å². The molecule has 1 amide bonds. The van der Waals surface area contributed by atoms with E-state index >= 15 is 0 Å². The maximum Gasteiger partial charge on any atom is 0.249 e. The zero-order chi connectivity index (χ0) is 17.6. The van der Waals surface area contributed by atoms with Gasteiger partial charge in [0.05, 0.1) is 7.11 Å². The van der Waals surface area contributed by atoms with Gasteiger partial charge in [0, 0.05) is 11.3 Å². The first kappa shape index (κ1) is 15.3. The van der Waals surface area contributed by atoms with E-state index in [0.717, 1.165) is 44.8 Å². The number of benzene rings is 3. The van der Waals surface area contributed by atoms with Crippen LogP contribution in [0.5, 0.6) is 5.75 Å². The van der Waals surface area contributed by atoms with E-state index in [0.29, 0.717) is 12.0 Å². The topological polar surface area (TPSA) is 78.3 Å². The van der Waals surface area contributed by atoms with E-state index < -0.39 is 5.91 Å². The molecule has 1 aliphatic carbocycles. The molecule has 4 N–H and O–H groups in total. The molecular formula is C21H18N2O2. The summed E-state index contributed by atoms with van der Waals surface area (Å²) in [5.74, 6) is 0.355. The van der Waals surface area contributed by atoms with Crippen molar-refractivity contribution in [3.8, 4) is 28.0 Å². The molecule has 0 radical (unpaired) electrons. The molecule has 0 aromatic heterocycles. The summed E-state index contributed by atoms with van der Waals surface area (Å²) in [5.41, 5.74) is 19.0. The van der Waals surface area contributed by atoms with Crippen LogP contribution in [0.4, 0.5) is 5.69 Å². The van der Waals surface area contributed by atoms with Gasteiger partial charge in [-0.1, -0.05) is 18.2 Å². The van der Waals surface area contributed by atoms with Gasteiger partial charge in [-0.2, -0.15) is 0 Å². The van der Waals surface area contributed by atoms with Crippen molar-refractivity contribution in [3.05, 3.63) is 71.3 Å². The molecule has 0 heterocycles. The summed E-state index contributed by atoms with van der Waals surface area (Å²) in [6.45, 7) is 0. The number of nitrogen functional groups attached to an aromatic ring is 1. The van der Waals surface area contributed by atoms with Gasteiger partial charge in [-0.15, -0.1) is 0 Å². The van der Waals surface area contributed by atoms with E-state index in [1.165, 1.54) is 0 Å². The first-order chi connectivity index (χ1) is 12.1. The fourth-order valence-electron chi connectivity index (χ4n) is 3.50. The van der Waals surface area contributed by atoms with Crippen molar-refractivity contribution in [1.29, 1.82) is 0 Å². The third kappa shape index (κ3) is 2.52. The normalized spacial score (nSPS) is 11.7. The third-order valence-electron chi connectivity index (χ3n) is 4.71. The molecule has 0 saturated heterocycles. The van der Waals surface area contributed by atoms with Crippen molar-refractivity contribution < 1.29 is 9.53 Å². The highest BCUT2D eigenvalue weighted by molar-refractivity contribution is 6.00. The molecule has 0 fully saturated rings. The smallest absolute Gasteiger partial charge is 0.249 e. The summed E-state index contributed by atoms with van der Waals surface area (Å²) in [7, 11) is 1.64.